The number of hydrogen-bond donors (Lipinski definition) is 0. The van der Waals surface area contributed by atoms with Crippen molar-refractivity contribution in [1.82, 2.24) is 0 Å². The van der Waals surface area contributed by atoms with Crippen molar-refractivity contribution < 1.29 is 0 Å². The molecule has 1 aromatic rings. The van der Waals surface area contributed by atoms with E-state index in [1.807, 2.05) is 31.2 Å². The van der Waals surface area contributed by atoms with Gasteiger partial charge in [0.15, 0.2) is 0 Å². The third-order valence-electron chi connectivity index (χ3n) is 1.24. The molecule has 0 spiro atoms. The molecule has 0 N–H and O–H groups in total. The van der Waals surface area contributed by atoms with E-state index in [1.165, 1.54) is 0 Å². The van der Waals surface area contributed by atoms with Crippen molar-refractivity contribution >= 4 is 29.3 Å². The summed E-state index contributed by atoms with van der Waals surface area (Å²) in [6.07, 6.45) is 3.90. The second-order valence-electron chi connectivity index (χ2n) is 2.20. The summed E-state index contributed by atoms with van der Waals surface area (Å²) in [7, 11) is 0. The number of hydrogen-bond acceptors (Lipinski definition) is 0. The van der Waals surface area contributed by atoms with Crippen LogP contribution in [0, 0.1) is 0 Å². The first kappa shape index (κ1) is 8.63. The molecule has 0 heterocycles. The topological polar surface area (TPSA) is 0 Å². The Morgan fingerprint density at radius 1 is 1.09 bits per heavy atom. The first-order valence-electron chi connectivity index (χ1n) is 3.31. The van der Waals surface area contributed by atoms with Gasteiger partial charge in [-0.2, -0.15) is 0 Å². The molecule has 0 nitrogen and oxygen atoms in total. The monoisotopic (exact) mass is 186 g/mol. The summed E-state index contributed by atoms with van der Waals surface area (Å²) in [6.45, 7) is 1.95. The third-order valence-corrected chi connectivity index (χ3v) is 1.68. The van der Waals surface area contributed by atoms with E-state index in [2.05, 4.69) is 0 Å². The van der Waals surface area contributed by atoms with Gasteiger partial charge in [-0.25, -0.2) is 0 Å². The summed E-state index contributed by atoms with van der Waals surface area (Å²) in [6, 6.07) is 5.46. The highest BCUT2D eigenvalue weighted by Gasteiger charge is 1.93. The summed E-state index contributed by atoms with van der Waals surface area (Å²) in [5.41, 5.74) is 1.03. The van der Waals surface area contributed by atoms with Gasteiger partial charge in [0.05, 0.1) is 0 Å². The minimum absolute atomic E-state index is 0.672. The van der Waals surface area contributed by atoms with Gasteiger partial charge in [0.25, 0.3) is 0 Å². The molecule has 0 atom stereocenters. The molecule has 0 amide bonds. The predicted molar refractivity (Wildman–Crippen MR) is 51.2 cm³/mol. The fraction of sp³-hybridized carbons (Fsp3) is 0.111. The van der Waals surface area contributed by atoms with E-state index in [4.69, 9.17) is 23.2 Å². The highest BCUT2D eigenvalue weighted by molar-refractivity contribution is 6.34. The van der Waals surface area contributed by atoms with Crippen molar-refractivity contribution in [3.63, 3.8) is 0 Å². The van der Waals surface area contributed by atoms with E-state index < -0.39 is 0 Å². The average Bonchev–Trinajstić information content (AvgIpc) is 1.85. The second-order valence-corrected chi connectivity index (χ2v) is 3.08. The highest BCUT2D eigenvalue weighted by Crippen LogP contribution is 2.19. The van der Waals surface area contributed by atoms with E-state index in [-0.39, 0.29) is 0 Å². The van der Waals surface area contributed by atoms with Crippen LogP contribution in [0.4, 0.5) is 0 Å². The van der Waals surface area contributed by atoms with Crippen molar-refractivity contribution in [2.75, 3.05) is 0 Å². The maximum atomic E-state index is 5.77. The van der Waals surface area contributed by atoms with Crippen LogP contribution in [0.3, 0.4) is 0 Å². The van der Waals surface area contributed by atoms with E-state index in [1.54, 1.807) is 6.07 Å². The van der Waals surface area contributed by atoms with Gasteiger partial charge in [0.1, 0.15) is 0 Å². The van der Waals surface area contributed by atoms with Crippen LogP contribution < -0.4 is 0 Å². The van der Waals surface area contributed by atoms with Gasteiger partial charge in [0.2, 0.25) is 0 Å². The summed E-state index contributed by atoms with van der Waals surface area (Å²) in [5, 5.41) is 1.34. The Kier molecular flexibility index (Phi) is 2.98. The fourth-order valence-corrected chi connectivity index (χ4v) is 1.41. The lowest BCUT2D eigenvalue weighted by Gasteiger charge is -1.95. The van der Waals surface area contributed by atoms with Crippen molar-refractivity contribution in [3.8, 4) is 0 Å². The maximum Gasteiger partial charge on any atom is 0.0426 e. The molecule has 0 saturated carbocycles. The number of halogens is 2. The van der Waals surface area contributed by atoms with Crippen LogP contribution >= 0.6 is 23.2 Å². The van der Waals surface area contributed by atoms with Crippen LogP contribution in [-0.4, -0.2) is 0 Å². The van der Waals surface area contributed by atoms with E-state index >= 15 is 0 Å². The van der Waals surface area contributed by atoms with Gasteiger partial charge < -0.3 is 0 Å². The van der Waals surface area contributed by atoms with Crippen LogP contribution in [0.15, 0.2) is 24.3 Å². The Bertz CT molecular complexity index is 257. The summed E-state index contributed by atoms with van der Waals surface area (Å²) in [5.74, 6) is 0. The zero-order valence-corrected chi connectivity index (χ0v) is 7.65. The Morgan fingerprint density at radius 3 is 2.09 bits per heavy atom. The number of allylic oxidation sites excluding steroid dienone is 1. The summed E-state index contributed by atoms with van der Waals surface area (Å²) < 4.78 is 0. The van der Waals surface area contributed by atoms with Crippen molar-refractivity contribution in [2.45, 2.75) is 6.92 Å². The van der Waals surface area contributed by atoms with Gasteiger partial charge in [-0.3, -0.25) is 0 Å². The molecule has 0 aromatic heterocycles. The Morgan fingerprint density at radius 2 is 1.64 bits per heavy atom. The first-order valence-corrected chi connectivity index (χ1v) is 4.07. The van der Waals surface area contributed by atoms with Crippen LogP contribution in [0.5, 0.6) is 0 Å². The van der Waals surface area contributed by atoms with Crippen LogP contribution in [-0.2, 0) is 0 Å². The normalized spacial score (nSPS) is 10.8. The first-order chi connectivity index (χ1) is 5.22. The zero-order chi connectivity index (χ0) is 8.27. The smallest absolute Gasteiger partial charge is 0.0426 e. The molecule has 0 aliphatic heterocycles. The van der Waals surface area contributed by atoms with Crippen molar-refractivity contribution in [2.24, 2.45) is 0 Å². The Hall–Kier alpha value is -0.460. The lowest BCUT2D eigenvalue weighted by molar-refractivity contribution is 1.64. The van der Waals surface area contributed by atoms with Gasteiger partial charge >= 0.3 is 0 Å². The summed E-state index contributed by atoms with van der Waals surface area (Å²) in [4.78, 5) is 0. The molecule has 0 radical (unpaired) electrons. The molecule has 2 heteroatoms. The predicted octanol–water partition coefficient (Wildman–Crippen LogP) is 4.03. The number of rotatable bonds is 1. The molecular weight excluding hydrogens is 179 g/mol. The molecule has 11 heavy (non-hydrogen) atoms. The average molecular weight is 187 g/mol. The minimum Gasteiger partial charge on any atom is -0.0871 e. The Balaban J connectivity index is 3.08. The van der Waals surface area contributed by atoms with Crippen LogP contribution in [0.2, 0.25) is 10.0 Å². The second kappa shape index (κ2) is 3.80. The Labute approximate surface area is 76.4 Å². The summed E-state index contributed by atoms with van der Waals surface area (Å²) >= 11 is 11.5. The molecule has 0 bridgehead atoms. The molecule has 58 valence electrons. The molecule has 0 aliphatic carbocycles. The standard InChI is InChI=1S/C9H8Cl2/c1-2-3-7-4-8(10)6-9(11)5-7/h2-6H,1H3. The molecule has 0 fully saturated rings. The highest BCUT2D eigenvalue weighted by atomic mass is 35.5. The lowest BCUT2D eigenvalue weighted by atomic mass is 10.2. The van der Waals surface area contributed by atoms with Crippen molar-refractivity contribution in [1.29, 1.82) is 0 Å². The van der Waals surface area contributed by atoms with Crippen molar-refractivity contribution in [3.05, 3.63) is 39.9 Å². The molecule has 1 rings (SSSR count). The van der Waals surface area contributed by atoms with E-state index in [0.717, 1.165) is 5.56 Å². The lowest BCUT2D eigenvalue weighted by Crippen LogP contribution is -1.72. The van der Waals surface area contributed by atoms with Crippen LogP contribution in [0.25, 0.3) is 6.08 Å². The minimum atomic E-state index is 0.672. The largest absolute Gasteiger partial charge is 0.0871 e. The maximum absolute atomic E-state index is 5.77. The molecule has 0 saturated heterocycles. The fourth-order valence-electron chi connectivity index (χ4n) is 0.864. The molecule has 0 unspecified atom stereocenters. The molecular formula is C9H8Cl2. The zero-order valence-electron chi connectivity index (χ0n) is 6.14. The number of benzene rings is 1. The quantitative estimate of drug-likeness (QED) is 0.622. The molecule has 1 aromatic carbocycles. The van der Waals surface area contributed by atoms with E-state index in [0.29, 0.717) is 10.0 Å². The van der Waals surface area contributed by atoms with Gasteiger partial charge in [-0.05, 0) is 30.7 Å². The van der Waals surface area contributed by atoms with Gasteiger partial charge in [-0.1, -0.05) is 35.4 Å². The van der Waals surface area contributed by atoms with Crippen LogP contribution in [0.1, 0.15) is 12.5 Å². The van der Waals surface area contributed by atoms with E-state index in [9.17, 15) is 0 Å². The third kappa shape index (κ3) is 2.57. The van der Waals surface area contributed by atoms with Gasteiger partial charge in [0, 0.05) is 10.0 Å². The van der Waals surface area contributed by atoms with Gasteiger partial charge in [-0.15, -0.1) is 0 Å². The SMILES string of the molecule is CC=Cc1cc(Cl)cc(Cl)c1. The molecule has 0 aliphatic rings.